The maximum atomic E-state index is 13.7. The van der Waals surface area contributed by atoms with Crippen molar-refractivity contribution in [1.82, 2.24) is 24.5 Å². The SMILES string of the molecule is CC1(C)CN(CC(=O)N2CCC(NS(C)(=O)=O)C(C)(C)C2)[C@H](C(=O)Nc2cc(Cl)cc3c2[nH]c2cnccc23)CO1. The third-order valence-corrected chi connectivity index (χ3v) is 8.90. The fraction of sp³-hybridized carbons (Fsp3) is 0.536. The van der Waals surface area contributed by atoms with Gasteiger partial charge < -0.3 is 19.9 Å². The molecular weight excluding hydrogens is 568 g/mol. The highest BCUT2D eigenvalue weighted by molar-refractivity contribution is 7.88. The van der Waals surface area contributed by atoms with Gasteiger partial charge in [0.2, 0.25) is 21.8 Å². The first-order valence-corrected chi connectivity index (χ1v) is 15.9. The molecule has 3 aromatic rings. The van der Waals surface area contributed by atoms with Crippen LogP contribution in [-0.2, 0) is 24.3 Å². The normalized spacial score (nSPS) is 23.1. The lowest BCUT2D eigenvalue weighted by molar-refractivity contribution is -0.151. The number of sulfonamides is 1. The maximum Gasteiger partial charge on any atom is 0.244 e. The number of hydrogen-bond donors (Lipinski definition) is 3. The van der Waals surface area contributed by atoms with Crippen molar-refractivity contribution in [2.45, 2.75) is 51.8 Å². The molecule has 2 saturated heterocycles. The predicted molar refractivity (Wildman–Crippen MR) is 159 cm³/mol. The summed E-state index contributed by atoms with van der Waals surface area (Å²) >= 11 is 6.44. The molecule has 2 atom stereocenters. The molecule has 2 amide bonds. The van der Waals surface area contributed by atoms with Gasteiger partial charge in [-0.2, -0.15) is 0 Å². The molecule has 2 aliphatic rings. The van der Waals surface area contributed by atoms with Crippen molar-refractivity contribution in [2.24, 2.45) is 5.41 Å². The van der Waals surface area contributed by atoms with Gasteiger partial charge >= 0.3 is 0 Å². The lowest BCUT2D eigenvalue weighted by Crippen LogP contribution is -2.62. The third-order valence-electron chi connectivity index (χ3n) is 7.97. The second-order valence-electron chi connectivity index (χ2n) is 12.4. The Hall–Kier alpha value is -2.77. The van der Waals surface area contributed by atoms with Crippen molar-refractivity contribution in [3.05, 3.63) is 35.6 Å². The number of amides is 2. The number of anilines is 1. The molecule has 2 aromatic heterocycles. The van der Waals surface area contributed by atoms with Crippen LogP contribution in [0.2, 0.25) is 5.02 Å². The van der Waals surface area contributed by atoms with Crippen molar-refractivity contribution < 1.29 is 22.7 Å². The van der Waals surface area contributed by atoms with E-state index < -0.39 is 27.1 Å². The van der Waals surface area contributed by atoms with Crippen molar-refractivity contribution >= 4 is 60.9 Å². The fourth-order valence-electron chi connectivity index (χ4n) is 5.91. The van der Waals surface area contributed by atoms with Crippen molar-refractivity contribution in [3.63, 3.8) is 0 Å². The Morgan fingerprint density at radius 3 is 2.66 bits per heavy atom. The maximum absolute atomic E-state index is 13.7. The zero-order valence-corrected chi connectivity index (χ0v) is 25.5. The molecule has 2 fully saturated rings. The van der Waals surface area contributed by atoms with E-state index in [0.717, 1.165) is 28.1 Å². The first kappa shape index (κ1) is 29.7. The molecule has 1 aromatic carbocycles. The van der Waals surface area contributed by atoms with Gasteiger partial charge in [0.1, 0.15) is 6.04 Å². The zero-order chi connectivity index (χ0) is 29.7. The number of morpholine rings is 1. The van der Waals surface area contributed by atoms with Gasteiger partial charge in [-0.15, -0.1) is 0 Å². The Balaban J connectivity index is 1.34. The van der Waals surface area contributed by atoms with Gasteiger partial charge in [-0.3, -0.25) is 19.5 Å². The quantitative estimate of drug-likeness (QED) is 0.393. The van der Waals surface area contributed by atoms with Crippen molar-refractivity contribution in [1.29, 1.82) is 0 Å². The van der Waals surface area contributed by atoms with Crippen molar-refractivity contribution in [3.8, 4) is 0 Å². The van der Waals surface area contributed by atoms with E-state index in [4.69, 9.17) is 16.3 Å². The van der Waals surface area contributed by atoms with Gasteiger partial charge in [-0.1, -0.05) is 25.4 Å². The van der Waals surface area contributed by atoms with Crippen LogP contribution in [0.1, 0.15) is 34.1 Å². The number of aromatic nitrogens is 2. The van der Waals surface area contributed by atoms with Crippen LogP contribution in [0.25, 0.3) is 21.8 Å². The van der Waals surface area contributed by atoms with Crippen LogP contribution in [0.5, 0.6) is 0 Å². The van der Waals surface area contributed by atoms with E-state index >= 15 is 0 Å². The summed E-state index contributed by atoms with van der Waals surface area (Å²) in [4.78, 5) is 38.4. The van der Waals surface area contributed by atoms with Crippen LogP contribution in [0, 0.1) is 5.41 Å². The average molecular weight is 605 g/mol. The standard InChI is InChI=1S/C28H37ClN6O5S/c1-27(2)15-34(9-7-23(27)33-41(5,38)39)24(36)13-35-16-28(3,4)40-14-22(35)26(37)32-20-11-17(29)10-19-18-6-8-30-12-21(18)31-25(19)20/h6,8,10-12,22-23,31,33H,7,9,13-16H2,1-5H3,(H,32,37)/t22-,23?/m0/s1. The Bertz CT molecular complexity index is 1600. The Kier molecular flexibility index (Phi) is 7.84. The number of piperidine rings is 1. The summed E-state index contributed by atoms with van der Waals surface area (Å²) in [5.74, 6) is -0.412. The first-order chi connectivity index (χ1) is 19.1. The molecule has 4 heterocycles. The fourth-order valence-corrected chi connectivity index (χ4v) is 7.09. The zero-order valence-electron chi connectivity index (χ0n) is 24.0. The molecule has 11 nitrogen and oxygen atoms in total. The molecule has 0 radical (unpaired) electrons. The highest BCUT2D eigenvalue weighted by atomic mass is 35.5. The number of benzene rings is 1. The number of hydrogen-bond acceptors (Lipinski definition) is 7. The van der Waals surface area contributed by atoms with Gasteiger partial charge in [-0.25, -0.2) is 13.1 Å². The van der Waals surface area contributed by atoms with Crippen LogP contribution in [-0.4, -0.2) is 96.7 Å². The van der Waals surface area contributed by atoms with Gasteiger partial charge in [0.15, 0.2) is 0 Å². The number of likely N-dealkylation sites (tertiary alicyclic amines) is 1. The molecule has 5 rings (SSSR count). The molecule has 41 heavy (non-hydrogen) atoms. The number of carbonyl (C=O) groups excluding carboxylic acids is 2. The number of H-pyrrole nitrogens is 1. The smallest absolute Gasteiger partial charge is 0.244 e. The number of rotatable bonds is 6. The monoisotopic (exact) mass is 604 g/mol. The number of halogens is 1. The number of pyridine rings is 1. The molecule has 0 saturated carbocycles. The average Bonchev–Trinajstić information content (AvgIpc) is 3.22. The molecule has 222 valence electrons. The second-order valence-corrected chi connectivity index (χ2v) is 14.7. The second kappa shape index (κ2) is 10.8. The summed E-state index contributed by atoms with van der Waals surface area (Å²) in [6.45, 7) is 9.15. The van der Waals surface area contributed by atoms with Gasteiger partial charge in [0.25, 0.3) is 0 Å². The van der Waals surface area contributed by atoms with E-state index in [9.17, 15) is 18.0 Å². The number of carbonyl (C=O) groups is 2. The van der Waals surface area contributed by atoms with Gasteiger partial charge in [-0.05, 0) is 43.9 Å². The molecule has 1 unspecified atom stereocenters. The third kappa shape index (κ3) is 6.51. The Morgan fingerprint density at radius 1 is 1.20 bits per heavy atom. The van der Waals surface area contributed by atoms with Crippen LogP contribution in [0.15, 0.2) is 30.6 Å². The van der Waals surface area contributed by atoms with E-state index in [2.05, 4.69) is 20.0 Å². The minimum Gasteiger partial charge on any atom is -0.372 e. The van der Waals surface area contributed by atoms with Crippen LogP contribution in [0.4, 0.5) is 5.69 Å². The summed E-state index contributed by atoms with van der Waals surface area (Å²) in [5, 5.41) is 5.32. The Labute approximate surface area is 245 Å². The number of fused-ring (bicyclic) bond motifs is 3. The minimum absolute atomic E-state index is 0.0359. The van der Waals surface area contributed by atoms with Gasteiger partial charge in [0, 0.05) is 47.7 Å². The van der Waals surface area contributed by atoms with E-state index in [-0.39, 0.29) is 31.0 Å². The number of ether oxygens (including phenoxy) is 1. The summed E-state index contributed by atoms with van der Waals surface area (Å²) in [5.41, 5.74) is 1.10. The number of nitrogens with one attached hydrogen (secondary N) is 3. The van der Waals surface area contributed by atoms with E-state index in [1.54, 1.807) is 23.4 Å². The van der Waals surface area contributed by atoms with E-state index in [0.29, 0.717) is 36.8 Å². The lowest BCUT2D eigenvalue weighted by atomic mass is 9.79. The van der Waals surface area contributed by atoms with Gasteiger partial charge in [0.05, 0.1) is 47.9 Å². The van der Waals surface area contributed by atoms with Crippen LogP contribution < -0.4 is 10.0 Å². The molecule has 2 aliphatic heterocycles. The summed E-state index contributed by atoms with van der Waals surface area (Å²) in [6, 6.07) is 4.47. The first-order valence-electron chi connectivity index (χ1n) is 13.6. The Morgan fingerprint density at radius 2 is 1.95 bits per heavy atom. The number of nitrogens with zero attached hydrogens (tertiary/aromatic N) is 3. The molecule has 3 N–H and O–H groups in total. The topological polar surface area (TPSA) is 137 Å². The highest BCUT2D eigenvalue weighted by Gasteiger charge is 2.42. The van der Waals surface area contributed by atoms with E-state index in [1.807, 2.05) is 44.7 Å². The summed E-state index contributed by atoms with van der Waals surface area (Å²) < 4.78 is 32.4. The molecular formula is C28H37ClN6O5S. The summed E-state index contributed by atoms with van der Waals surface area (Å²) in [6.07, 6.45) is 5.09. The number of aromatic amines is 1. The van der Waals surface area contributed by atoms with Crippen LogP contribution in [0.3, 0.4) is 0 Å². The molecule has 0 aliphatic carbocycles. The van der Waals surface area contributed by atoms with Crippen molar-refractivity contribution in [2.75, 3.05) is 44.4 Å². The van der Waals surface area contributed by atoms with Crippen LogP contribution >= 0.6 is 11.6 Å². The molecule has 0 spiro atoms. The predicted octanol–water partition coefficient (Wildman–Crippen LogP) is 2.96. The van der Waals surface area contributed by atoms with E-state index in [1.165, 1.54) is 0 Å². The highest BCUT2D eigenvalue weighted by Crippen LogP contribution is 2.34. The minimum atomic E-state index is -3.37. The lowest BCUT2D eigenvalue weighted by Gasteiger charge is -2.46. The molecule has 0 bridgehead atoms. The largest absolute Gasteiger partial charge is 0.372 e. The molecule has 13 heteroatoms. The summed E-state index contributed by atoms with van der Waals surface area (Å²) in [7, 11) is -3.37.